The number of carbonyl (C=O) groups is 2. The van der Waals surface area contributed by atoms with E-state index in [1.165, 1.54) is 51.4 Å². The Morgan fingerprint density at radius 3 is 1.33 bits per heavy atom. The maximum Gasteiger partial charge on any atom is 0.305 e. The van der Waals surface area contributed by atoms with Crippen LogP contribution in [-0.4, -0.2) is 50.2 Å². The third kappa shape index (κ3) is 27.0. The number of likely N-dealkylation sites (N-methyl/N-ethyl adjacent to an activating group) is 1. The number of allylic oxidation sites excluding steroid dienone is 2. The summed E-state index contributed by atoms with van der Waals surface area (Å²) in [4.78, 5) is 25.6. The minimum Gasteiger partial charge on any atom is -0.464 e. The average molecular weight is 533 g/mol. The van der Waals surface area contributed by atoms with Crippen molar-refractivity contribution in [2.75, 3.05) is 33.4 Å². The van der Waals surface area contributed by atoms with Gasteiger partial charge in [0, 0.05) is 25.9 Å². The van der Waals surface area contributed by atoms with Crippen LogP contribution in [0.3, 0.4) is 0 Å². The molecule has 0 bridgehead atoms. The molecule has 0 N–H and O–H groups in total. The Bertz CT molecular complexity index is 443. The Kier molecular flexibility index (Phi) is 28.0. The van der Waals surface area contributed by atoms with E-state index >= 15 is 0 Å². The zero-order chi connectivity index (χ0) is 23.7. The van der Waals surface area contributed by atoms with E-state index in [2.05, 4.69) is 13.2 Å². The van der Waals surface area contributed by atoms with Gasteiger partial charge in [-0.1, -0.05) is 63.5 Å². The highest BCUT2D eigenvalue weighted by Crippen LogP contribution is 2.10. The van der Waals surface area contributed by atoms with Gasteiger partial charge in [-0.15, -0.1) is 30.1 Å². The summed E-state index contributed by atoms with van der Waals surface area (Å²) in [6.07, 6.45) is 20.9. The summed E-state index contributed by atoms with van der Waals surface area (Å²) in [6.45, 7) is 9.54. The summed E-state index contributed by atoms with van der Waals surface area (Å²) in [5, 5.41) is 0. The molecular formula is C27H50BrNO4. The molecule has 0 aliphatic carbocycles. The summed E-state index contributed by atoms with van der Waals surface area (Å²) in [7, 11) is 1.94. The zero-order valence-corrected chi connectivity index (χ0v) is 22.9. The van der Waals surface area contributed by atoms with E-state index in [-0.39, 0.29) is 28.9 Å². The monoisotopic (exact) mass is 531 g/mol. The zero-order valence-electron chi connectivity index (χ0n) is 21.2. The van der Waals surface area contributed by atoms with Crippen LogP contribution in [0, 0.1) is 0 Å². The molecule has 5 nitrogen and oxygen atoms in total. The highest BCUT2D eigenvalue weighted by atomic mass is 79.9. The van der Waals surface area contributed by atoms with Gasteiger partial charge in [0.15, 0.2) is 0 Å². The Hall–Kier alpha value is -1.14. The molecule has 0 unspecified atom stereocenters. The molecule has 0 aromatic carbocycles. The van der Waals surface area contributed by atoms with Crippen molar-refractivity contribution in [3.8, 4) is 0 Å². The van der Waals surface area contributed by atoms with Gasteiger partial charge in [0.1, 0.15) is 13.2 Å². The van der Waals surface area contributed by atoms with Crippen LogP contribution >= 0.6 is 17.0 Å². The Morgan fingerprint density at radius 1 is 0.636 bits per heavy atom. The maximum absolute atomic E-state index is 11.8. The lowest BCUT2D eigenvalue weighted by atomic mass is 10.1. The lowest BCUT2D eigenvalue weighted by molar-refractivity contribution is -0.144. The van der Waals surface area contributed by atoms with Gasteiger partial charge in [0.2, 0.25) is 0 Å². The molecule has 6 heteroatoms. The lowest BCUT2D eigenvalue weighted by Crippen LogP contribution is -2.28. The molecule has 0 amide bonds. The van der Waals surface area contributed by atoms with Gasteiger partial charge in [-0.05, 0) is 45.6 Å². The first-order valence-electron chi connectivity index (χ1n) is 12.8. The number of halogens is 1. The van der Waals surface area contributed by atoms with Crippen LogP contribution in [0.25, 0.3) is 0 Å². The normalized spacial score (nSPS) is 10.5. The number of nitrogens with zero attached hydrogens (tertiary/aromatic N) is 1. The molecule has 0 radical (unpaired) electrons. The smallest absolute Gasteiger partial charge is 0.305 e. The molecule has 0 rings (SSSR count). The van der Waals surface area contributed by atoms with Gasteiger partial charge in [-0.2, -0.15) is 0 Å². The predicted octanol–water partition coefficient (Wildman–Crippen LogP) is 7.20. The minimum atomic E-state index is -0.114. The number of hydrogen-bond acceptors (Lipinski definition) is 5. The largest absolute Gasteiger partial charge is 0.464 e. The summed E-state index contributed by atoms with van der Waals surface area (Å²) in [5.41, 5.74) is 0. The molecule has 0 aliphatic rings. The van der Waals surface area contributed by atoms with Crippen molar-refractivity contribution in [3.05, 3.63) is 25.3 Å². The van der Waals surface area contributed by atoms with Gasteiger partial charge in [-0.25, -0.2) is 0 Å². The molecule has 0 heterocycles. The number of hydrogen-bond donors (Lipinski definition) is 0. The van der Waals surface area contributed by atoms with E-state index in [0.29, 0.717) is 39.1 Å². The van der Waals surface area contributed by atoms with E-state index in [0.717, 1.165) is 38.5 Å². The van der Waals surface area contributed by atoms with E-state index in [1.54, 1.807) is 0 Å². The third-order valence-corrected chi connectivity index (χ3v) is 5.55. The second-order valence-electron chi connectivity index (χ2n) is 8.64. The van der Waals surface area contributed by atoms with Crippen LogP contribution in [0.4, 0.5) is 0 Å². The molecule has 0 saturated carbocycles. The summed E-state index contributed by atoms with van der Waals surface area (Å²) in [6, 6.07) is 0. The first-order valence-corrected chi connectivity index (χ1v) is 12.8. The lowest BCUT2D eigenvalue weighted by Gasteiger charge is -2.16. The maximum atomic E-state index is 11.8. The van der Waals surface area contributed by atoms with Crippen LogP contribution in [-0.2, 0) is 19.1 Å². The molecule has 194 valence electrons. The predicted molar refractivity (Wildman–Crippen MR) is 144 cm³/mol. The summed E-state index contributed by atoms with van der Waals surface area (Å²) < 4.78 is 10.6. The SMILES string of the molecule is Br.C=CCCCCCCCCC(=O)OCCN(C)CCOC(=O)CCCCCCCCC=C. The van der Waals surface area contributed by atoms with Gasteiger partial charge < -0.3 is 9.47 Å². The van der Waals surface area contributed by atoms with Gasteiger partial charge in [0.05, 0.1) is 0 Å². The molecule has 0 atom stereocenters. The molecule has 0 aromatic heterocycles. The summed E-state index contributed by atoms with van der Waals surface area (Å²) in [5.74, 6) is -0.227. The van der Waals surface area contributed by atoms with Crippen LogP contribution in [0.1, 0.15) is 103 Å². The molecule has 0 fully saturated rings. The Morgan fingerprint density at radius 2 is 0.970 bits per heavy atom. The van der Waals surface area contributed by atoms with Crippen LogP contribution in [0.5, 0.6) is 0 Å². The fraction of sp³-hybridized carbons (Fsp3) is 0.778. The molecule has 0 aromatic rings. The molecule has 0 spiro atoms. The second-order valence-corrected chi connectivity index (χ2v) is 8.64. The van der Waals surface area contributed by atoms with Crippen molar-refractivity contribution >= 4 is 28.9 Å². The van der Waals surface area contributed by atoms with E-state index < -0.39 is 0 Å². The van der Waals surface area contributed by atoms with Crippen molar-refractivity contribution in [1.82, 2.24) is 4.90 Å². The van der Waals surface area contributed by atoms with Gasteiger partial charge in [-0.3, -0.25) is 14.5 Å². The number of carbonyl (C=O) groups excluding carboxylic acids is 2. The van der Waals surface area contributed by atoms with E-state index in [1.807, 2.05) is 24.1 Å². The molecule has 33 heavy (non-hydrogen) atoms. The van der Waals surface area contributed by atoms with Crippen molar-refractivity contribution in [1.29, 1.82) is 0 Å². The third-order valence-electron chi connectivity index (χ3n) is 5.55. The Balaban J connectivity index is 0. The van der Waals surface area contributed by atoms with Crippen molar-refractivity contribution in [3.63, 3.8) is 0 Å². The van der Waals surface area contributed by atoms with Gasteiger partial charge in [0.25, 0.3) is 0 Å². The number of esters is 2. The highest BCUT2D eigenvalue weighted by Gasteiger charge is 2.06. The first kappa shape index (κ1) is 34.0. The van der Waals surface area contributed by atoms with Crippen LogP contribution in [0.15, 0.2) is 25.3 Å². The number of rotatable bonds is 24. The van der Waals surface area contributed by atoms with E-state index in [4.69, 9.17) is 9.47 Å². The number of unbranched alkanes of at least 4 members (excludes halogenated alkanes) is 12. The Labute approximate surface area is 214 Å². The topological polar surface area (TPSA) is 55.8 Å². The minimum absolute atomic E-state index is 0. The number of ether oxygens (including phenoxy) is 2. The first-order chi connectivity index (χ1) is 15.6. The fourth-order valence-corrected chi connectivity index (χ4v) is 3.42. The van der Waals surface area contributed by atoms with Gasteiger partial charge >= 0.3 is 11.9 Å². The quantitative estimate of drug-likeness (QED) is 0.0748. The van der Waals surface area contributed by atoms with Crippen molar-refractivity contribution in [2.24, 2.45) is 0 Å². The second kappa shape index (κ2) is 27.1. The average Bonchev–Trinajstić information content (AvgIpc) is 2.77. The summed E-state index contributed by atoms with van der Waals surface area (Å²) >= 11 is 0. The molecular weight excluding hydrogens is 482 g/mol. The standard InChI is InChI=1S/C27H49NO4.BrH/c1-4-6-8-10-12-14-16-18-20-26(29)31-24-22-28(3)23-25-32-27(30)21-19-17-15-13-11-9-7-5-2;/h4-5H,1-2,6-25H2,3H3;1H. The van der Waals surface area contributed by atoms with Crippen molar-refractivity contribution in [2.45, 2.75) is 103 Å². The molecule has 0 aliphatic heterocycles. The molecule has 0 saturated heterocycles. The van der Waals surface area contributed by atoms with Crippen LogP contribution < -0.4 is 0 Å². The van der Waals surface area contributed by atoms with E-state index in [9.17, 15) is 9.59 Å². The van der Waals surface area contributed by atoms with Crippen molar-refractivity contribution < 1.29 is 19.1 Å². The highest BCUT2D eigenvalue weighted by molar-refractivity contribution is 8.93. The fourth-order valence-electron chi connectivity index (χ4n) is 3.42. The van der Waals surface area contributed by atoms with Crippen LogP contribution in [0.2, 0.25) is 0 Å².